The van der Waals surface area contributed by atoms with Gasteiger partial charge in [0.2, 0.25) is 17.7 Å². The Bertz CT molecular complexity index is 952. The molecule has 1 heterocycles. The van der Waals surface area contributed by atoms with Crippen molar-refractivity contribution in [3.05, 3.63) is 70.7 Å². The second-order valence-electron chi connectivity index (χ2n) is 8.27. The molecule has 0 aromatic heterocycles. The number of amides is 3. The molecule has 0 radical (unpaired) electrons. The zero-order valence-corrected chi connectivity index (χ0v) is 19.4. The number of nitrogens with one attached hydrogen (secondary N) is 2. The van der Waals surface area contributed by atoms with Gasteiger partial charge in [-0.2, -0.15) is 0 Å². The zero-order chi connectivity index (χ0) is 23.8. The molecule has 33 heavy (non-hydrogen) atoms. The summed E-state index contributed by atoms with van der Waals surface area (Å²) in [5.41, 5.74) is 3.29. The van der Waals surface area contributed by atoms with Crippen LogP contribution in [0.4, 0.5) is 0 Å². The molecule has 0 spiro atoms. The van der Waals surface area contributed by atoms with Crippen LogP contribution in [0.25, 0.3) is 0 Å². The van der Waals surface area contributed by atoms with Crippen LogP contribution in [0.15, 0.2) is 54.6 Å². The van der Waals surface area contributed by atoms with Crippen LogP contribution in [0.3, 0.4) is 0 Å². The van der Waals surface area contributed by atoms with E-state index in [2.05, 4.69) is 5.32 Å². The Kier molecular flexibility index (Phi) is 8.86. The van der Waals surface area contributed by atoms with Gasteiger partial charge in [-0.25, -0.2) is 5.48 Å². The van der Waals surface area contributed by atoms with Crippen LogP contribution in [0.5, 0.6) is 0 Å². The van der Waals surface area contributed by atoms with Crippen LogP contribution in [-0.4, -0.2) is 40.4 Å². The Labute approximate surface area is 199 Å². The van der Waals surface area contributed by atoms with Crippen LogP contribution in [-0.2, 0) is 20.9 Å². The fourth-order valence-corrected chi connectivity index (χ4v) is 4.55. The summed E-state index contributed by atoms with van der Waals surface area (Å²) >= 11 is 6.03. The average molecular weight is 472 g/mol. The first-order valence-electron chi connectivity index (χ1n) is 11.3. The molecule has 3 rings (SSSR count). The van der Waals surface area contributed by atoms with Crippen molar-refractivity contribution in [2.75, 3.05) is 6.54 Å². The topological polar surface area (TPSA) is 98.7 Å². The molecule has 1 saturated heterocycles. The monoisotopic (exact) mass is 471 g/mol. The highest BCUT2D eigenvalue weighted by Crippen LogP contribution is 2.33. The smallest absolute Gasteiger partial charge is 0.247 e. The number of rotatable bonds is 8. The maximum atomic E-state index is 13.8. The summed E-state index contributed by atoms with van der Waals surface area (Å²) in [4.78, 5) is 41.0. The Morgan fingerprint density at radius 3 is 2.42 bits per heavy atom. The summed E-state index contributed by atoms with van der Waals surface area (Å²) in [5, 5.41) is 12.7. The van der Waals surface area contributed by atoms with Crippen LogP contribution in [0, 0.1) is 5.92 Å². The van der Waals surface area contributed by atoms with Crippen molar-refractivity contribution < 1.29 is 19.6 Å². The van der Waals surface area contributed by atoms with Crippen molar-refractivity contribution in [2.24, 2.45) is 5.92 Å². The Balaban J connectivity index is 1.86. The molecule has 2 aromatic carbocycles. The molecule has 176 valence electrons. The first-order chi connectivity index (χ1) is 16.0. The molecule has 3 atom stereocenters. The number of hydrogen-bond acceptors (Lipinski definition) is 4. The molecule has 0 saturated carbocycles. The van der Waals surface area contributed by atoms with Gasteiger partial charge in [0.1, 0.15) is 6.04 Å². The van der Waals surface area contributed by atoms with E-state index >= 15 is 0 Å². The molecular formula is C25H30ClN3O4. The van der Waals surface area contributed by atoms with E-state index < -0.39 is 23.8 Å². The number of benzene rings is 2. The lowest BCUT2D eigenvalue weighted by Crippen LogP contribution is -2.54. The lowest BCUT2D eigenvalue weighted by atomic mass is 9.81. The van der Waals surface area contributed by atoms with Gasteiger partial charge in [-0.15, -0.1) is 0 Å². The fraction of sp³-hybridized carbons (Fsp3) is 0.400. The molecule has 0 aliphatic carbocycles. The number of halogens is 1. The summed E-state index contributed by atoms with van der Waals surface area (Å²) in [6.07, 6.45) is 2.52. The molecule has 3 N–H and O–H groups in total. The third kappa shape index (κ3) is 6.12. The minimum atomic E-state index is -0.845. The average Bonchev–Trinajstić information content (AvgIpc) is 2.86. The standard InChI is InChI=1S/C25H30ClN3O4/c1-2-20(23(30)28-33)22(18-11-13-19(26)14-12-18)25(32)29-15-7-6-10-21(29)24(31)27-16-17-8-4-3-5-9-17/h3-5,8-9,11-14,20-22,33H,2,6-7,10,15-16H2,1H3,(H,27,31)(H,28,30). The minimum Gasteiger partial charge on any atom is -0.350 e. The van der Waals surface area contributed by atoms with Crippen molar-refractivity contribution in [2.45, 2.75) is 51.1 Å². The molecular weight excluding hydrogens is 442 g/mol. The van der Waals surface area contributed by atoms with E-state index in [-0.39, 0.29) is 11.8 Å². The summed E-state index contributed by atoms with van der Waals surface area (Å²) < 4.78 is 0. The Hall–Kier alpha value is -2.90. The van der Waals surface area contributed by atoms with E-state index in [0.717, 1.165) is 18.4 Å². The van der Waals surface area contributed by atoms with Crippen molar-refractivity contribution >= 4 is 29.3 Å². The first-order valence-corrected chi connectivity index (χ1v) is 11.7. The normalized spacial score (nSPS) is 17.7. The van der Waals surface area contributed by atoms with Gasteiger partial charge >= 0.3 is 0 Å². The predicted octanol–water partition coefficient (Wildman–Crippen LogP) is 3.65. The molecule has 3 amide bonds. The van der Waals surface area contributed by atoms with Crippen molar-refractivity contribution in [3.63, 3.8) is 0 Å². The quantitative estimate of drug-likeness (QED) is 0.404. The molecule has 2 aromatic rings. The van der Waals surface area contributed by atoms with E-state index in [1.54, 1.807) is 41.6 Å². The lowest BCUT2D eigenvalue weighted by Gasteiger charge is -2.38. The molecule has 1 aliphatic rings. The van der Waals surface area contributed by atoms with Crippen LogP contribution < -0.4 is 10.8 Å². The van der Waals surface area contributed by atoms with Gasteiger partial charge in [0.15, 0.2) is 0 Å². The Morgan fingerprint density at radius 2 is 1.79 bits per heavy atom. The van der Waals surface area contributed by atoms with Crippen molar-refractivity contribution in [3.8, 4) is 0 Å². The van der Waals surface area contributed by atoms with Crippen molar-refractivity contribution in [1.29, 1.82) is 0 Å². The molecule has 8 heteroatoms. The number of piperidine rings is 1. The second-order valence-corrected chi connectivity index (χ2v) is 8.70. The van der Waals surface area contributed by atoms with E-state index in [4.69, 9.17) is 11.6 Å². The molecule has 7 nitrogen and oxygen atoms in total. The number of likely N-dealkylation sites (tertiary alicyclic amines) is 1. The molecule has 0 bridgehead atoms. The SMILES string of the molecule is CCC(C(=O)NO)C(C(=O)N1CCCCC1C(=O)NCc1ccccc1)c1ccc(Cl)cc1. The largest absolute Gasteiger partial charge is 0.350 e. The molecule has 1 fully saturated rings. The maximum absolute atomic E-state index is 13.8. The van der Waals surface area contributed by atoms with Crippen molar-refractivity contribution in [1.82, 2.24) is 15.7 Å². The predicted molar refractivity (Wildman–Crippen MR) is 126 cm³/mol. The van der Waals surface area contributed by atoms with E-state index in [0.29, 0.717) is 36.5 Å². The molecule has 3 unspecified atom stereocenters. The number of carbonyl (C=O) groups excluding carboxylic acids is 3. The third-order valence-electron chi connectivity index (χ3n) is 6.18. The summed E-state index contributed by atoms with van der Waals surface area (Å²) in [6.45, 7) is 2.60. The number of nitrogens with zero attached hydrogens (tertiary/aromatic N) is 1. The van der Waals surface area contributed by atoms with Gasteiger partial charge in [0, 0.05) is 18.1 Å². The molecule has 1 aliphatic heterocycles. The lowest BCUT2D eigenvalue weighted by molar-refractivity contribution is -0.147. The third-order valence-corrected chi connectivity index (χ3v) is 6.43. The highest BCUT2D eigenvalue weighted by molar-refractivity contribution is 6.30. The highest BCUT2D eigenvalue weighted by atomic mass is 35.5. The maximum Gasteiger partial charge on any atom is 0.247 e. The zero-order valence-electron chi connectivity index (χ0n) is 18.7. The minimum absolute atomic E-state index is 0.207. The van der Waals surface area contributed by atoms with Gasteiger partial charge in [0.05, 0.1) is 11.8 Å². The summed E-state index contributed by atoms with van der Waals surface area (Å²) in [7, 11) is 0. The summed E-state index contributed by atoms with van der Waals surface area (Å²) in [6, 6.07) is 15.7. The first kappa shape index (κ1) is 24.7. The number of hydrogen-bond donors (Lipinski definition) is 3. The van der Waals surface area contributed by atoms with Crippen LogP contribution in [0.1, 0.15) is 49.7 Å². The highest BCUT2D eigenvalue weighted by Gasteiger charge is 2.41. The number of hydroxylamine groups is 1. The van der Waals surface area contributed by atoms with E-state index in [9.17, 15) is 19.6 Å². The second kappa shape index (κ2) is 11.8. The number of carbonyl (C=O) groups is 3. The Morgan fingerprint density at radius 1 is 1.09 bits per heavy atom. The van der Waals surface area contributed by atoms with Gasteiger partial charge in [-0.1, -0.05) is 61.0 Å². The fourth-order valence-electron chi connectivity index (χ4n) is 4.42. The van der Waals surface area contributed by atoms with E-state index in [1.807, 2.05) is 30.3 Å². The van der Waals surface area contributed by atoms with Gasteiger partial charge in [0.25, 0.3) is 0 Å². The van der Waals surface area contributed by atoms with E-state index in [1.165, 1.54) is 0 Å². The van der Waals surface area contributed by atoms with Gasteiger partial charge in [-0.3, -0.25) is 19.6 Å². The summed E-state index contributed by atoms with van der Waals surface area (Å²) in [5.74, 6) is -2.78. The van der Waals surface area contributed by atoms with Gasteiger partial charge in [-0.05, 0) is 48.9 Å². The van der Waals surface area contributed by atoms with Crippen LogP contribution >= 0.6 is 11.6 Å². The van der Waals surface area contributed by atoms with Crippen LogP contribution in [0.2, 0.25) is 5.02 Å². The van der Waals surface area contributed by atoms with Gasteiger partial charge < -0.3 is 10.2 Å².